The Balaban J connectivity index is 2.01. The van der Waals surface area contributed by atoms with Crippen molar-refractivity contribution < 1.29 is 5.11 Å². The number of halogens is 1. The zero-order valence-corrected chi connectivity index (χ0v) is 12.5. The molecule has 0 atom stereocenters. The quantitative estimate of drug-likeness (QED) is 0.894. The van der Waals surface area contributed by atoms with Gasteiger partial charge in [0.1, 0.15) is 5.75 Å². The number of nitrogens with zero attached hydrogens (tertiary/aromatic N) is 1. The summed E-state index contributed by atoms with van der Waals surface area (Å²) in [5.74, 6) is 0.482. The van der Waals surface area contributed by atoms with Crippen molar-refractivity contribution in [3.05, 3.63) is 27.7 Å². The minimum absolute atomic E-state index is 0.482. The lowest BCUT2D eigenvalue weighted by Gasteiger charge is -2.27. The number of hydrogen-bond acceptors (Lipinski definition) is 3. The van der Waals surface area contributed by atoms with Crippen LogP contribution in [0.4, 0.5) is 0 Å². The first-order chi connectivity index (χ1) is 8.70. The molecule has 1 aromatic carbocycles. The highest BCUT2D eigenvalue weighted by Crippen LogP contribution is 2.28. The standard InChI is InChI=1S/C14H21BrN2O/c1-2-11-9-13(15)10-12(14(11)18)3-6-17-7-4-16-5-8-17/h9-10,16,18H,2-8H2,1H3. The second kappa shape index (κ2) is 6.55. The Kier molecular flexibility index (Phi) is 5.03. The molecule has 1 heterocycles. The van der Waals surface area contributed by atoms with Crippen LogP contribution in [0.1, 0.15) is 18.1 Å². The Bertz CT molecular complexity index is 403. The molecule has 0 radical (unpaired) electrons. The van der Waals surface area contributed by atoms with Crippen LogP contribution in [-0.4, -0.2) is 42.7 Å². The number of rotatable bonds is 4. The van der Waals surface area contributed by atoms with E-state index in [0.29, 0.717) is 5.75 Å². The molecule has 3 nitrogen and oxygen atoms in total. The number of piperazine rings is 1. The molecule has 1 fully saturated rings. The van der Waals surface area contributed by atoms with Gasteiger partial charge in [-0.05, 0) is 36.1 Å². The van der Waals surface area contributed by atoms with E-state index in [4.69, 9.17) is 0 Å². The number of benzene rings is 1. The van der Waals surface area contributed by atoms with E-state index in [9.17, 15) is 5.11 Å². The molecule has 1 aromatic rings. The van der Waals surface area contributed by atoms with Gasteiger partial charge in [-0.15, -0.1) is 0 Å². The van der Waals surface area contributed by atoms with E-state index in [1.54, 1.807) is 0 Å². The predicted molar refractivity (Wildman–Crippen MR) is 78.2 cm³/mol. The monoisotopic (exact) mass is 312 g/mol. The zero-order chi connectivity index (χ0) is 13.0. The van der Waals surface area contributed by atoms with Crippen LogP contribution in [0, 0.1) is 0 Å². The van der Waals surface area contributed by atoms with Gasteiger partial charge in [-0.1, -0.05) is 22.9 Å². The normalized spacial score (nSPS) is 17.0. The van der Waals surface area contributed by atoms with Crippen molar-refractivity contribution in [3.63, 3.8) is 0 Å². The molecule has 0 saturated carbocycles. The van der Waals surface area contributed by atoms with Crippen molar-refractivity contribution in [1.29, 1.82) is 0 Å². The van der Waals surface area contributed by atoms with Gasteiger partial charge in [0.25, 0.3) is 0 Å². The summed E-state index contributed by atoms with van der Waals surface area (Å²) in [6.07, 6.45) is 1.78. The lowest BCUT2D eigenvalue weighted by Crippen LogP contribution is -2.44. The summed E-state index contributed by atoms with van der Waals surface area (Å²) in [4.78, 5) is 2.45. The van der Waals surface area contributed by atoms with Gasteiger partial charge >= 0.3 is 0 Å². The first-order valence-corrected chi connectivity index (χ1v) is 7.43. The van der Waals surface area contributed by atoms with E-state index in [2.05, 4.69) is 33.1 Å². The SMILES string of the molecule is CCc1cc(Br)cc(CCN2CCNCC2)c1O. The molecule has 100 valence electrons. The van der Waals surface area contributed by atoms with Gasteiger partial charge in [0, 0.05) is 37.2 Å². The molecule has 0 bridgehead atoms. The summed E-state index contributed by atoms with van der Waals surface area (Å²) in [5.41, 5.74) is 2.08. The van der Waals surface area contributed by atoms with Crippen LogP contribution < -0.4 is 5.32 Å². The number of aromatic hydroxyl groups is 1. The Morgan fingerprint density at radius 2 is 1.94 bits per heavy atom. The van der Waals surface area contributed by atoms with E-state index in [1.807, 2.05) is 12.1 Å². The first-order valence-electron chi connectivity index (χ1n) is 6.64. The maximum Gasteiger partial charge on any atom is 0.122 e. The maximum atomic E-state index is 10.2. The van der Waals surface area contributed by atoms with Gasteiger partial charge in [0.2, 0.25) is 0 Å². The average molecular weight is 313 g/mol. The molecule has 0 aliphatic carbocycles. The molecule has 18 heavy (non-hydrogen) atoms. The third kappa shape index (κ3) is 3.46. The topological polar surface area (TPSA) is 35.5 Å². The fourth-order valence-electron chi connectivity index (χ4n) is 2.39. The van der Waals surface area contributed by atoms with Crippen molar-refractivity contribution in [1.82, 2.24) is 10.2 Å². The highest BCUT2D eigenvalue weighted by molar-refractivity contribution is 9.10. The summed E-state index contributed by atoms with van der Waals surface area (Å²) < 4.78 is 1.06. The van der Waals surface area contributed by atoms with Gasteiger partial charge in [-0.25, -0.2) is 0 Å². The molecule has 1 aliphatic rings. The number of phenolic OH excluding ortho intramolecular Hbond substituents is 1. The molecule has 0 unspecified atom stereocenters. The molecular weight excluding hydrogens is 292 g/mol. The van der Waals surface area contributed by atoms with E-state index >= 15 is 0 Å². The van der Waals surface area contributed by atoms with Crippen molar-refractivity contribution in [3.8, 4) is 5.75 Å². The highest BCUT2D eigenvalue weighted by atomic mass is 79.9. The van der Waals surface area contributed by atoms with Crippen LogP contribution in [0.3, 0.4) is 0 Å². The molecule has 0 amide bonds. The Morgan fingerprint density at radius 3 is 2.61 bits per heavy atom. The van der Waals surface area contributed by atoms with Crippen molar-refractivity contribution >= 4 is 15.9 Å². The number of nitrogens with one attached hydrogen (secondary N) is 1. The molecule has 1 saturated heterocycles. The molecule has 1 aliphatic heterocycles. The Hall–Kier alpha value is -0.580. The van der Waals surface area contributed by atoms with Gasteiger partial charge in [-0.2, -0.15) is 0 Å². The molecular formula is C14H21BrN2O. The number of aryl methyl sites for hydroxylation is 1. The zero-order valence-electron chi connectivity index (χ0n) is 10.9. The van der Waals surface area contributed by atoms with Gasteiger partial charge in [0.05, 0.1) is 0 Å². The fraction of sp³-hybridized carbons (Fsp3) is 0.571. The lowest BCUT2D eigenvalue weighted by atomic mass is 10.0. The van der Waals surface area contributed by atoms with Crippen molar-refractivity contribution in [2.24, 2.45) is 0 Å². The predicted octanol–water partition coefficient (Wildman–Crippen LogP) is 2.16. The average Bonchev–Trinajstić information content (AvgIpc) is 2.40. The van der Waals surface area contributed by atoms with Crippen LogP contribution in [0.2, 0.25) is 0 Å². The van der Waals surface area contributed by atoms with Crippen LogP contribution in [0.5, 0.6) is 5.75 Å². The molecule has 0 aromatic heterocycles. The summed E-state index contributed by atoms with van der Waals surface area (Å²) in [5, 5.41) is 13.5. The minimum Gasteiger partial charge on any atom is -0.507 e. The highest BCUT2D eigenvalue weighted by Gasteiger charge is 2.12. The summed E-state index contributed by atoms with van der Waals surface area (Å²) in [6.45, 7) is 7.45. The summed E-state index contributed by atoms with van der Waals surface area (Å²) >= 11 is 3.52. The largest absolute Gasteiger partial charge is 0.507 e. The van der Waals surface area contributed by atoms with Gasteiger partial charge in [0.15, 0.2) is 0 Å². The maximum absolute atomic E-state index is 10.2. The summed E-state index contributed by atoms with van der Waals surface area (Å²) in [7, 11) is 0. The summed E-state index contributed by atoms with van der Waals surface area (Å²) in [6, 6.07) is 4.04. The van der Waals surface area contributed by atoms with E-state index in [1.165, 1.54) is 0 Å². The van der Waals surface area contributed by atoms with Crippen LogP contribution in [-0.2, 0) is 12.8 Å². The Labute approximate surface area is 117 Å². The van der Waals surface area contributed by atoms with E-state index in [0.717, 1.165) is 61.2 Å². The van der Waals surface area contributed by atoms with Crippen molar-refractivity contribution in [2.75, 3.05) is 32.7 Å². The second-order valence-electron chi connectivity index (χ2n) is 4.77. The molecule has 2 N–H and O–H groups in total. The minimum atomic E-state index is 0.482. The third-order valence-corrected chi connectivity index (χ3v) is 3.98. The van der Waals surface area contributed by atoms with E-state index < -0.39 is 0 Å². The molecule has 4 heteroatoms. The number of phenols is 1. The fourth-order valence-corrected chi connectivity index (χ4v) is 2.94. The third-order valence-electron chi connectivity index (χ3n) is 3.52. The van der Waals surface area contributed by atoms with Crippen LogP contribution in [0.15, 0.2) is 16.6 Å². The Morgan fingerprint density at radius 1 is 1.28 bits per heavy atom. The van der Waals surface area contributed by atoms with E-state index in [-0.39, 0.29) is 0 Å². The number of hydrogen-bond donors (Lipinski definition) is 2. The van der Waals surface area contributed by atoms with Crippen molar-refractivity contribution in [2.45, 2.75) is 19.8 Å². The van der Waals surface area contributed by atoms with Crippen LogP contribution in [0.25, 0.3) is 0 Å². The smallest absolute Gasteiger partial charge is 0.122 e. The van der Waals surface area contributed by atoms with Gasteiger partial charge in [-0.3, -0.25) is 0 Å². The first kappa shape index (κ1) is 13.8. The van der Waals surface area contributed by atoms with Gasteiger partial charge < -0.3 is 15.3 Å². The molecule has 0 spiro atoms. The second-order valence-corrected chi connectivity index (χ2v) is 5.68. The van der Waals surface area contributed by atoms with Crippen LogP contribution >= 0.6 is 15.9 Å². The lowest BCUT2D eigenvalue weighted by molar-refractivity contribution is 0.243. The molecule has 2 rings (SSSR count).